The molecule has 0 aliphatic carbocycles. The monoisotopic (exact) mass is 510 g/mol. The number of hydrogen-bond donors (Lipinski definition) is 1. The highest BCUT2D eigenvalue weighted by atomic mass is 32.2. The molecule has 174 valence electrons. The molecule has 10 heteroatoms. The van der Waals surface area contributed by atoms with Crippen molar-refractivity contribution in [3.8, 4) is 10.6 Å². The number of thioether (sulfide) groups is 1. The van der Waals surface area contributed by atoms with E-state index in [-0.39, 0.29) is 4.90 Å². The lowest BCUT2D eigenvalue weighted by molar-refractivity contribution is -0.114. The number of benzene rings is 3. The molecule has 1 N–H and O–H groups in total. The maximum absolute atomic E-state index is 13.5. The average Bonchev–Trinajstić information content (AvgIpc) is 3.32. The summed E-state index contributed by atoms with van der Waals surface area (Å²) in [5.41, 5.74) is 2.27. The molecule has 0 aliphatic rings. The fraction of sp³-hybridized carbons (Fsp3) is 0.125. The summed E-state index contributed by atoms with van der Waals surface area (Å²) in [6.45, 7) is 1.51. The summed E-state index contributed by atoms with van der Waals surface area (Å²) >= 11 is 2.75. The first kappa shape index (κ1) is 23.9. The molecule has 1 aromatic heterocycles. The van der Waals surface area contributed by atoms with Gasteiger partial charge in [0.05, 0.1) is 10.6 Å². The fourth-order valence-electron chi connectivity index (χ4n) is 3.16. The van der Waals surface area contributed by atoms with Gasteiger partial charge in [0, 0.05) is 10.5 Å². The van der Waals surface area contributed by atoms with Crippen molar-refractivity contribution >= 4 is 49.8 Å². The summed E-state index contributed by atoms with van der Waals surface area (Å²) in [7, 11) is -3.99. The van der Waals surface area contributed by atoms with Gasteiger partial charge in [0.25, 0.3) is 10.0 Å². The Labute approximate surface area is 206 Å². The van der Waals surface area contributed by atoms with E-state index in [4.69, 9.17) is 0 Å². The smallest absolute Gasteiger partial charge is 0.264 e. The van der Waals surface area contributed by atoms with E-state index in [1.807, 2.05) is 55.6 Å². The summed E-state index contributed by atoms with van der Waals surface area (Å²) in [4.78, 5) is 14.0. The van der Waals surface area contributed by atoms with Gasteiger partial charge in [0.2, 0.25) is 11.0 Å². The van der Waals surface area contributed by atoms with Crippen LogP contribution in [0.2, 0.25) is 0 Å². The largest absolute Gasteiger partial charge is 0.299 e. The van der Waals surface area contributed by atoms with Crippen LogP contribution in [0.5, 0.6) is 0 Å². The molecule has 4 rings (SSSR count). The highest BCUT2D eigenvalue weighted by molar-refractivity contribution is 7.98. The minimum absolute atomic E-state index is 0.112. The van der Waals surface area contributed by atoms with Crippen LogP contribution >= 0.6 is 23.1 Å². The third-order valence-corrected chi connectivity index (χ3v) is 8.37. The first-order chi connectivity index (χ1) is 16.4. The number of nitrogens with zero attached hydrogens (tertiary/aromatic N) is 3. The van der Waals surface area contributed by atoms with Gasteiger partial charge in [-0.05, 0) is 49.6 Å². The third kappa shape index (κ3) is 5.46. The van der Waals surface area contributed by atoms with Crippen molar-refractivity contribution in [2.75, 3.05) is 22.4 Å². The van der Waals surface area contributed by atoms with E-state index in [1.165, 1.54) is 23.1 Å². The number of carbonyl (C=O) groups excluding carboxylic acids is 1. The Kier molecular flexibility index (Phi) is 7.30. The van der Waals surface area contributed by atoms with Gasteiger partial charge in [0.15, 0.2) is 0 Å². The van der Waals surface area contributed by atoms with E-state index in [0.717, 1.165) is 20.3 Å². The van der Waals surface area contributed by atoms with Gasteiger partial charge in [-0.1, -0.05) is 59.4 Å². The van der Waals surface area contributed by atoms with Crippen molar-refractivity contribution in [1.29, 1.82) is 0 Å². The molecule has 0 aliphatic heterocycles. The van der Waals surface area contributed by atoms with Gasteiger partial charge in [-0.3, -0.25) is 14.4 Å². The van der Waals surface area contributed by atoms with Crippen LogP contribution in [-0.4, -0.2) is 37.3 Å². The number of aryl methyl sites for hydroxylation is 1. The van der Waals surface area contributed by atoms with Crippen molar-refractivity contribution in [2.24, 2.45) is 0 Å². The van der Waals surface area contributed by atoms with Crippen molar-refractivity contribution in [2.45, 2.75) is 16.7 Å². The Morgan fingerprint density at radius 3 is 2.29 bits per heavy atom. The standard InChI is InChI=1S/C24H22N4O3S3/c1-17-8-10-19(11-9-17)28(34(30,31)21-14-12-20(32-2)13-15-21)16-22(29)25-24-27-26-23(33-24)18-6-4-3-5-7-18/h3-15H,16H2,1-2H3,(H,25,27,29). The number of amides is 1. The summed E-state index contributed by atoms with van der Waals surface area (Å²) in [5, 5.41) is 11.8. The molecule has 4 aromatic rings. The van der Waals surface area contributed by atoms with Crippen molar-refractivity contribution in [3.63, 3.8) is 0 Å². The number of anilines is 2. The summed E-state index contributed by atoms with van der Waals surface area (Å²) in [6, 6.07) is 23.1. The van der Waals surface area contributed by atoms with Gasteiger partial charge >= 0.3 is 0 Å². The molecule has 0 saturated carbocycles. The lowest BCUT2D eigenvalue weighted by atomic mass is 10.2. The fourth-order valence-corrected chi connectivity index (χ4v) is 5.76. The average molecular weight is 511 g/mol. The Bertz CT molecular complexity index is 1370. The Morgan fingerprint density at radius 1 is 0.971 bits per heavy atom. The van der Waals surface area contributed by atoms with Crippen LogP contribution in [0.25, 0.3) is 10.6 Å². The molecule has 0 atom stereocenters. The topological polar surface area (TPSA) is 92.3 Å². The van der Waals surface area contributed by atoms with E-state index in [9.17, 15) is 13.2 Å². The number of hydrogen-bond acceptors (Lipinski definition) is 7. The zero-order valence-corrected chi connectivity index (χ0v) is 21.0. The van der Waals surface area contributed by atoms with E-state index in [2.05, 4.69) is 15.5 Å². The van der Waals surface area contributed by atoms with Crippen LogP contribution in [0.15, 0.2) is 88.7 Å². The molecule has 0 radical (unpaired) electrons. The minimum atomic E-state index is -3.99. The van der Waals surface area contributed by atoms with Gasteiger partial charge < -0.3 is 0 Å². The van der Waals surface area contributed by atoms with Crippen LogP contribution in [-0.2, 0) is 14.8 Å². The summed E-state index contributed by atoms with van der Waals surface area (Å²) in [6.07, 6.45) is 1.92. The van der Waals surface area contributed by atoms with Crippen LogP contribution < -0.4 is 9.62 Å². The predicted octanol–water partition coefficient (Wildman–Crippen LogP) is 5.07. The zero-order chi connectivity index (χ0) is 24.1. The molecule has 34 heavy (non-hydrogen) atoms. The maximum Gasteiger partial charge on any atom is 0.264 e. The normalized spacial score (nSPS) is 11.2. The van der Waals surface area contributed by atoms with Crippen LogP contribution in [0, 0.1) is 6.92 Å². The van der Waals surface area contributed by atoms with Crippen LogP contribution in [0.1, 0.15) is 5.56 Å². The maximum atomic E-state index is 13.5. The Balaban J connectivity index is 1.59. The molecule has 7 nitrogen and oxygen atoms in total. The molecule has 0 bridgehead atoms. The Hall–Kier alpha value is -3.21. The molecule has 0 unspecified atom stereocenters. The highest BCUT2D eigenvalue weighted by Gasteiger charge is 2.27. The zero-order valence-electron chi connectivity index (χ0n) is 18.5. The lowest BCUT2D eigenvalue weighted by Gasteiger charge is -2.24. The second-order valence-electron chi connectivity index (χ2n) is 7.35. The van der Waals surface area contributed by atoms with Gasteiger partial charge in [0.1, 0.15) is 11.6 Å². The molecule has 0 saturated heterocycles. The SMILES string of the molecule is CSc1ccc(S(=O)(=O)N(CC(=O)Nc2nnc(-c3ccccc3)s2)c2ccc(C)cc2)cc1. The van der Waals surface area contributed by atoms with Gasteiger partial charge in [-0.25, -0.2) is 8.42 Å². The van der Waals surface area contributed by atoms with Gasteiger partial charge in [-0.15, -0.1) is 22.0 Å². The third-order valence-electron chi connectivity index (χ3n) is 4.95. The summed E-state index contributed by atoms with van der Waals surface area (Å²) < 4.78 is 28.1. The van der Waals surface area contributed by atoms with E-state index >= 15 is 0 Å². The minimum Gasteiger partial charge on any atom is -0.299 e. The van der Waals surface area contributed by atoms with Crippen molar-refractivity contribution in [1.82, 2.24) is 10.2 Å². The molecular formula is C24H22N4O3S3. The molecule has 0 fully saturated rings. The molecule has 0 spiro atoms. The molecular weight excluding hydrogens is 488 g/mol. The number of sulfonamides is 1. The van der Waals surface area contributed by atoms with Crippen molar-refractivity contribution in [3.05, 3.63) is 84.4 Å². The van der Waals surface area contributed by atoms with E-state index < -0.39 is 22.5 Å². The number of rotatable bonds is 8. The quantitative estimate of drug-likeness (QED) is 0.333. The molecule has 3 aromatic carbocycles. The highest BCUT2D eigenvalue weighted by Crippen LogP contribution is 2.28. The van der Waals surface area contributed by atoms with E-state index in [0.29, 0.717) is 15.8 Å². The lowest BCUT2D eigenvalue weighted by Crippen LogP contribution is -2.38. The number of carbonyl (C=O) groups is 1. The predicted molar refractivity (Wildman–Crippen MR) is 138 cm³/mol. The van der Waals surface area contributed by atoms with Gasteiger partial charge in [-0.2, -0.15) is 0 Å². The van der Waals surface area contributed by atoms with Crippen molar-refractivity contribution < 1.29 is 13.2 Å². The number of aromatic nitrogens is 2. The first-order valence-corrected chi connectivity index (χ1v) is 13.8. The van der Waals surface area contributed by atoms with Crippen LogP contribution in [0.4, 0.5) is 10.8 Å². The Morgan fingerprint density at radius 2 is 1.65 bits per heavy atom. The summed E-state index contributed by atoms with van der Waals surface area (Å²) in [5.74, 6) is -0.513. The first-order valence-electron chi connectivity index (χ1n) is 10.3. The molecule has 1 heterocycles. The second kappa shape index (κ2) is 10.4. The molecule has 1 amide bonds. The van der Waals surface area contributed by atoms with E-state index in [1.54, 1.807) is 36.4 Å². The van der Waals surface area contributed by atoms with Crippen LogP contribution in [0.3, 0.4) is 0 Å². The number of nitrogens with one attached hydrogen (secondary N) is 1. The second-order valence-corrected chi connectivity index (χ2v) is 11.1.